The van der Waals surface area contributed by atoms with Crippen LogP contribution >= 0.6 is 0 Å². The maximum atomic E-state index is 13.6. The van der Waals surface area contributed by atoms with Crippen molar-refractivity contribution in [3.63, 3.8) is 0 Å². The molecule has 170 valence electrons. The van der Waals surface area contributed by atoms with Gasteiger partial charge in [0.2, 0.25) is 0 Å². The molecule has 4 rings (SSSR count). The molecule has 7 nitrogen and oxygen atoms in total. The third-order valence-electron chi connectivity index (χ3n) is 7.11. The van der Waals surface area contributed by atoms with E-state index in [1.165, 1.54) is 4.90 Å². The van der Waals surface area contributed by atoms with Gasteiger partial charge in [-0.2, -0.15) is 0 Å². The fraction of sp³-hybridized carbons (Fsp3) is 0.667. The van der Waals surface area contributed by atoms with Gasteiger partial charge in [-0.1, -0.05) is 20.8 Å². The summed E-state index contributed by atoms with van der Waals surface area (Å²) in [5.41, 5.74) is 0.301. The first kappa shape index (κ1) is 21.9. The second-order valence-electron chi connectivity index (χ2n) is 10.3. The van der Waals surface area contributed by atoms with Crippen molar-refractivity contribution in [2.45, 2.75) is 64.5 Å². The molecule has 1 aliphatic carbocycles. The molecule has 7 heteroatoms. The molecule has 0 aromatic heterocycles. The van der Waals surface area contributed by atoms with E-state index in [0.717, 1.165) is 42.9 Å². The smallest absolute Gasteiger partial charge is 0.326 e. The van der Waals surface area contributed by atoms with E-state index < -0.39 is 5.54 Å². The molecular weight excluding hydrogens is 394 g/mol. The molecule has 0 unspecified atom stereocenters. The molecule has 3 fully saturated rings. The zero-order valence-electron chi connectivity index (χ0n) is 19.4. The Bertz CT molecular complexity index is 870. The van der Waals surface area contributed by atoms with Gasteiger partial charge in [-0.15, -0.1) is 0 Å². The maximum absolute atomic E-state index is 13.6. The molecule has 0 bridgehead atoms. The Morgan fingerprint density at radius 1 is 1.16 bits per heavy atom. The molecule has 1 spiro atoms. The zero-order valence-corrected chi connectivity index (χ0v) is 19.4. The molecule has 31 heavy (non-hydrogen) atoms. The summed E-state index contributed by atoms with van der Waals surface area (Å²) in [7, 11) is 3.31. The number of hydrogen-bond acceptors (Lipinski definition) is 5. The molecule has 3 amide bonds. The Morgan fingerprint density at radius 2 is 1.94 bits per heavy atom. The van der Waals surface area contributed by atoms with Crippen LogP contribution in [0.25, 0.3) is 0 Å². The number of imide groups is 1. The van der Waals surface area contributed by atoms with Crippen molar-refractivity contribution in [2.24, 2.45) is 11.3 Å². The average molecular weight is 430 g/mol. The van der Waals surface area contributed by atoms with Crippen LogP contribution in [0.1, 0.15) is 64.5 Å². The second-order valence-corrected chi connectivity index (χ2v) is 10.3. The monoisotopic (exact) mass is 429 g/mol. The molecule has 3 aliphatic rings. The number of ether oxygens (including phenoxy) is 2. The molecule has 1 aromatic rings. The van der Waals surface area contributed by atoms with E-state index in [4.69, 9.17) is 9.47 Å². The third-order valence-corrected chi connectivity index (χ3v) is 7.11. The average Bonchev–Trinajstić information content (AvgIpc) is 3.24. The van der Waals surface area contributed by atoms with E-state index >= 15 is 0 Å². The SMILES string of the molecule is COc1ccc(OC)c([C@H]2CCCN2CN2C(=O)N[C@@]3(C[C@H](C)CC(C)(C)C3)C2=O)c1. The first-order chi connectivity index (χ1) is 14.7. The van der Waals surface area contributed by atoms with Gasteiger partial charge >= 0.3 is 6.03 Å². The summed E-state index contributed by atoms with van der Waals surface area (Å²) < 4.78 is 11.0. The Balaban J connectivity index is 1.56. The lowest BCUT2D eigenvalue weighted by atomic mass is 9.64. The van der Waals surface area contributed by atoms with E-state index in [-0.39, 0.29) is 23.4 Å². The predicted molar refractivity (Wildman–Crippen MR) is 118 cm³/mol. The van der Waals surface area contributed by atoms with Crippen LogP contribution in [-0.4, -0.2) is 54.7 Å². The summed E-state index contributed by atoms with van der Waals surface area (Å²) in [6, 6.07) is 5.61. The van der Waals surface area contributed by atoms with Crippen LogP contribution < -0.4 is 14.8 Å². The van der Waals surface area contributed by atoms with Crippen LogP contribution in [0.3, 0.4) is 0 Å². The number of urea groups is 1. The topological polar surface area (TPSA) is 71.1 Å². The fourth-order valence-electron chi connectivity index (χ4n) is 6.26. The van der Waals surface area contributed by atoms with E-state index in [1.54, 1.807) is 14.2 Å². The number of carbonyl (C=O) groups is 2. The number of benzene rings is 1. The first-order valence-corrected chi connectivity index (χ1v) is 11.3. The van der Waals surface area contributed by atoms with Crippen LogP contribution in [0.2, 0.25) is 0 Å². The van der Waals surface area contributed by atoms with Crippen molar-refractivity contribution >= 4 is 11.9 Å². The summed E-state index contributed by atoms with van der Waals surface area (Å²) in [6.07, 6.45) is 4.43. The van der Waals surface area contributed by atoms with Gasteiger partial charge in [0.05, 0.1) is 20.9 Å². The maximum Gasteiger partial charge on any atom is 0.326 e. The molecule has 2 heterocycles. The molecular formula is C24H35N3O4. The molecule has 2 aliphatic heterocycles. The summed E-state index contributed by atoms with van der Waals surface area (Å²) in [4.78, 5) is 30.1. The minimum Gasteiger partial charge on any atom is -0.497 e. The molecule has 2 saturated heterocycles. The molecule has 1 saturated carbocycles. The molecule has 3 atom stereocenters. The number of hydrogen-bond donors (Lipinski definition) is 1. The lowest BCUT2D eigenvalue weighted by molar-refractivity contribution is -0.136. The summed E-state index contributed by atoms with van der Waals surface area (Å²) in [6.45, 7) is 7.69. The third kappa shape index (κ3) is 4.00. The molecule has 1 aromatic carbocycles. The quantitative estimate of drug-likeness (QED) is 0.718. The van der Waals surface area contributed by atoms with Crippen LogP contribution in [0.15, 0.2) is 18.2 Å². The summed E-state index contributed by atoms with van der Waals surface area (Å²) >= 11 is 0. The number of methoxy groups -OCH3 is 2. The van der Waals surface area contributed by atoms with Gasteiger partial charge in [0.1, 0.15) is 17.0 Å². The lowest BCUT2D eigenvalue weighted by Gasteiger charge is -2.44. The molecule has 1 N–H and O–H groups in total. The second kappa shape index (κ2) is 8.01. The normalized spacial score (nSPS) is 30.7. The van der Waals surface area contributed by atoms with Crippen molar-refractivity contribution in [1.82, 2.24) is 15.1 Å². The van der Waals surface area contributed by atoms with Gasteiger partial charge in [-0.05, 0) is 61.6 Å². The largest absolute Gasteiger partial charge is 0.497 e. The Morgan fingerprint density at radius 3 is 2.61 bits per heavy atom. The highest BCUT2D eigenvalue weighted by molar-refractivity contribution is 6.07. The van der Waals surface area contributed by atoms with Crippen molar-refractivity contribution in [2.75, 3.05) is 27.4 Å². The highest BCUT2D eigenvalue weighted by atomic mass is 16.5. The lowest BCUT2D eigenvalue weighted by Crippen LogP contribution is -2.54. The predicted octanol–water partition coefficient (Wildman–Crippen LogP) is 3.94. The Labute approximate surface area is 185 Å². The van der Waals surface area contributed by atoms with Gasteiger partial charge in [-0.25, -0.2) is 9.69 Å². The minimum absolute atomic E-state index is 0.0285. The Kier molecular flexibility index (Phi) is 5.66. The van der Waals surface area contributed by atoms with Gasteiger partial charge < -0.3 is 14.8 Å². The van der Waals surface area contributed by atoms with Crippen LogP contribution in [0.5, 0.6) is 11.5 Å². The summed E-state index contributed by atoms with van der Waals surface area (Å²) in [5.74, 6) is 1.90. The van der Waals surface area contributed by atoms with Crippen molar-refractivity contribution in [1.29, 1.82) is 0 Å². The number of carbonyl (C=O) groups excluding carboxylic acids is 2. The number of rotatable bonds is 5. The van der Waals surface area contributed by atoms with Crippen LogP contribution in [-0.2, 0) is 4.79 Å². The fourth-order valence-corrected chi connectivity index (χ4v) is 6.26. The molecule has 0 radical (unpaired) electrons. The highest BCUT2D eigenvalue weighted by Gasteiger charge is 2.56. The number of likely N-dealkylation sites (tertiary alicyclic amines) is 1. The van der Waals surface area contributed by atoms with Gasteiger partial charge in [0.25, 0.3) is 5.91 Å². The van der Waals surface area contributed by atoms with Gasteiger partial charge in [0, 0.05) is 18.2 Å². The van der Waals surface area contributed by atoms with Gasteiger partial charge in [-0.3, -0.25) is 9.69 Å². The zero-order chi connectivity index (χ0) is 22.4. The first-order valence-electron chi connectivity index (χ1n) is 11.3. The van der Waals surface area contributed by atoms with Crippen LogP contribution in [0.4, 0.5) is 4.79 Å². The van der Waals surface area contributed by atoms with Crippen molar-refractivity contribution in [3.8, 4) is 11.5 Å². The van der Waals surface area contributed by atoms with Crippen molar-refractivity contribution < 1.29 is 19.1 Å². The van der Waals surface area contributed by atoms with E-state index in [1.807, 2.05) is 18.2 Å². The van der Waals surface area contributed by atoms with E-state index in [0.29, 0.717) is 25.4 Å². The van der Waals surface area contributed by atoms with E-state index in [9.17, 15) is 9.59 Å². The van der Waals surface area contributed by atoms with E-state index in [2.05, 4.69) is 31.0 Å². The number of nitrogens with zero attached hydrogens (tertiary/aromatic N) is 2. The number of amides is 3. The number of nitrogens with one attached hydrogen (secondary N) is 1. The highest BCUT2D eigenvalue weighted by Crippen LogP contribution is 2.47. The Hall–Kier alpha value is -2.28. The standard InChI is InChI=1S/C24H35N3O4/c1-16-12-23(2,3)14-24(13-16)21(28)27(22(29)25-24)15-26-10-6-7-19(26)18-11-17(30-4)8-9-20(18)31-5/h8-9,11,16,19H,6-7,10,12-15H2,1-5H3,(H,25,29)/t16-,19-,24-/m1/s1. The van der Waals surface area contributed by atoms with Gasteiger partial charge in [0.15, 0.2) is 0 Å². The minimum atomic E-state index is -0.763. The van der Waals surface area contributed by atoms with Crippen molar-refractivity contribution in [3.05, 3.63) is 23.8 Å². The summed E-state index contributed by atoms with van der Waals surface area (Å²) in [5, 5.41) is 3.09. The van der Waals surface area contributed by atoms with Crippen LogP contribution in [0, 0.1) is 11.3 Å².